The van der Waals surface area contributed by atoms with Crippen LogP contribution in [0, 0.1) is 11.3 Å². The van der Waals surface area contributed by atoms with Crippen molar-refractivity contribution < 1.29 is 13.9 Å². The predicted octanol–water partition coefficient (Wildman–Crippen LogP) is 1.93. The summed E-state index contributed by atoms with van der Waals surface area (Å²) in [5.41, 5.74) is 1.47. The van der Waals surface area contributed by atoms with Crippen LogP contribution in [0.3, 0.4) is 0 Å². The summed E-state index contributed by atoms with van der Waals surface area (Å²) in [5.74, 6) is -0.346. The van der Waals surface area contributed by atoms with Gasteiger partial charge in [0.25, 0.3) is 0 Å². The van der Waals surface area contributed by atoms with E-state index in [4.69, 9.17) is 14.4 Å². The molecule has 8 heteroatoms. The molecule has 8 nitrogen and oxygen atoms in total. The number of aromatic nitrogens is 2. The Labute approximate surface area is 160 Å². The topological polar surface area (TPSA) is 101 Å². The van der Waals surface area contributed by atoms with Crippen molar-refractivity contribution in [1.82, 2.24) is 14.5 Å². The molecule has 0 bridgehead atoms. The third kappa shape index (κ3) is 3.47. The minimum atomic E-state index is -0.535. The maximum Gasteiger partial charge on any atom is 0.420 e. The average molecular weight is 378 g/mol. The number of pyridine rings is 1. The van der Waals surface area contributed by atoms with Crippen molar-refractivity contribution in [2.24, 2.45) is 0 Å². The lowest BCUT2D eigenvalue weighted by molar-refractivity contribution is -0.133. The average Bonchev–Trinajstić information content (AvgIpc) is 3.04. The van der Waals surface area contributed by atoms with Gasteiger partial charge in [0.2, 0.25) is 11.8 Å². The highest BCUT2D eigenvalue weighted by atomic mass is 16.5. The zero-order valence-corrected chi connectivity index (χ0v) is 15.1. The lowest BCUT2D eigenvalue weighted by Gasteiger charge is -2.32. The van der Waals surface area contributed by atoms with Gasteiger partial charge in [-0.25, -0.2) is 9.78 Å². The molecule has 1 aliphatic rings. The number of oxazole rings is 1. The Bertz CT molecular complexity index is 1100. The lowest BCUT2D eigenvalue weighted by atomic mass is 10.1. The number of nitrogens with zero attached hydrogens (tertiary/aromatic N) is 4. The van der Waals surface area contributed by atoms with Gasteiger partial charge < -0.3 is 14.1 Å². The van der Waals surface area contributed by atoms with Crippen LogP contribution in [0.4, 0.5) is 0 Å². The van der Waals surface area contributed by atoms with E-state index in [1.807, 2.05) is 0 Å². The molecule has 4 rings (SSSR count). The zero-order chi connectivity index (χ0) is 19.5. The summed E-state index contributed by atoms with van der Waals surface area (Å²) < 4.78 is 12.4. The molecule has 1 aromatic carbocycles. The van der Waals surface area contributed by atoms with Crippen LogP contribution < -0.4 is 10.5 Å². The number of hydrogen-bond donors (Lipinski definition) is 0. The summed E-state index contributed by atoms with van der Waals surface area (Å²) in [6.07, 6.45) is 2.74. The second kappa shape index (κ2) is 7.56. The van der Waals surface area contributed by atoms with Crippen LogP contribution in [0.1, 0.15) is 18.4 Å². The first-order chi connectivity index (χ1) is 13.7. The number of fused-ring (bicyclic) bond motifs is 1. The maximum absolute atomic E-state index is 12.7. The van der Waals surface area contributed by atoms with E-state index in [0.717, 1.165) is 0 Å². The number of carbonyl (C=O) groups excluding carboxylic acids is 1. The van der Waals surface area contributed by atoms with Gasteiger partial charge >= 0.3 is 5.76 Å². The van der Waals surface area contributed by atoms with Crippen LogP contribution >= 0.6 is 0 Å². The molecule has 3 heterocycles. The second-order valence-corrected chi connectivity index (χ2v) is 6.59. The fourth-order valence-electron chi connectivity index (χ4n) is 3.35. The molecule has 0 aliphatic carbocycles. The van der Waals surface area contributed by atoms with Crippen LogP contribution in [0.25, 0.3) is 11.1 Å². The minimum absolute atomic E-state index is 0.0554. The Morgan fingerprint density at radius 1 is 1.25 bits per heavy atom. The fourth-order valence-corrected chi connectivity index (χ4v) is 3.35. The smallest absolute Gasteiger partial charge is 0.420 e. The maximum atomic E-state index is 12.7. The third-order valence-corrected chi connectivity index (χ3v) is 4.83. The monoisotopic (exact) mass is 378 g/mol. The van der Waals surface area contributed by atoms with Gasteiger partial charge in [-0.3, -0.25) is 9.36 Å². The number of ether oxygens (including phenoxy) is 1. The van der Waals surface area contributed by atoms with Gasteiger partial charge in [-0.05, 0) is 24.3 Å². The van der Waals surface area contributed by atoms with Crippen molar-refractivity contribution in [3.8, 4) is 11.9 Å². The molecule has 0 radical (unpaired) electrons. The van der Waals surface area contributed by atoms with E-state index in [2.05, 4.69) is 11.1 Å². The van der Waals surface area contributed by atoms with Gasteiger partial charge in [-0.2, -0.15) is 5.26 Å². The molecule has 142 valence electrons. The predicted molar refractivity (Wildman–Crippen MR) is 99.7 cm³/mol. The molecule has 0 unspecified atom stereocenters. The number of carbonyl (C=O) groups is 1. The molecule has 1 aliphatic heterocycles. The van der Waals surface area contributed by atoms with Crippen LogP contribution in [0.5, 0.6) is 5.88 Å². The Morgan fingerprint density at radius 2 is 2.04 bits per heavy atom. The Balaban J connectivity index is 1.38. The van der Waals surface area contributed by atoms with Gasteiger partial charge in [0, 0.05) is 32.1 Å². The second-order valence-electron chi connectivity index (χ2n) is 6.59. The van der Waals surface area contributed by atoms with Crippen molar-refractivity contribution in [2.75, 3.05) is 13.1 Å². The number of rotatable bonds is 4. The van der Waals surface area contributed by atoms with E-state index in [-0.39, 0.29) is 18.6 Å². The van der Waals surface area contributed by atoms with E-state index >= 15 is 0 Å². The third-order valence-electron chi connectivity index (χ3n) is 4.83. The highest BCUT2D eigenvalue weighted by Gasteiger charge is 2.26. The molecular weight excluding hydrogens is 360 g/mol. The molecule has 2 aromatic heterocycles. The first kappa shape index (κ1) is 17.8. The number of amides is 1. The standard InChI is InChI=1S/C20H18N4O4/c21-12-14-4-3-9-22-19(14)27-15-7-10-23(11-8-15)18(25)13-24-16-5-1-2-6-17(16)28-20(24)26/h1-6,9,15H,7-8,10-11,13H2. The molecule has 28 heavy (non-hydrogen) atoms. The summed E-state index contributed by atoms with van der Waals surface area (Å²) in [6, 6.07) is 12.5. The van der Waals surface area contributed by atoms with Crippen molar-refractivity contribution in [3.63, 3.8) is 0 Å². The van der Waals surface area contributed by atoms with Gasteiger partial charge in [0.15, 0.2) is 5.58 Å². The normalized spacial score (nSPS) is 14.8. The van der Waals surface area contributed by atoms with Crippen molar-refractivity contribution in [2.45, 2.75) is 25.5 Å². The molecular formula is C20H18N4O4. The number of nitriles is 1. The molecule has 0 saturated carbocycles. The molecule has 3 aromatic rings. The molecule has 1 saturated heterocycles. The largest absolute Gasteiger partial charge is 0.473 e. The number of benzene rings is 1. The first-order valence-electron chi connectivity index (χ1n) is 9.03. The molecule has 1 amide bonds. The van der Waals surface area contributed by atoms with E-state index < -0.39 is 5.76 Å². The fraction of sp³-hybridized carbons (Fsp3) is 0.300. The van der Waals surface area contributed by atoms with E-state index in [9.17, 15) is 9.59 Å². The summed E-state index contributed by atoms with van der Waals surface area (Å²) in [6.45, 7) is 0.978. The summed E-state index contributed by atoms with van der Waals surface area (Å²) in [5, 5.41) is 9.12. The minimum Gasteiger partial charge on any atom is -0.473 e. The Morgan fingerprint density at radius 3 is 2.82 bits per heavy atom. The van der Waals surface area contributed by atoms with Crippen molar-refractivity contribution >= 4 is 17.0 Å². The Kier molecular flexibility index (Phi) is 4.81. The highest BCUT2D eigenvalue weighted by molar-refractivity contribution is 5.79. The quantitative estimate of drug-likeness (QED) is 0.687. The van der Waals surface area contributed by atoms with Crippen LogP contribution in [-0.4, -0.2) is 39.6 Å². The number of para-hydroxylation sites is 2. The molecule has 0 atom stereocenters. The van der Waals surface area contributed by atoms with Crippen molar-refractivity contribution in [1.29, 1.82) is 5.26 Å². The SMILES string of the molecule is N#Cc1cccnc1OC1CCN(C(=O)Cn2c(=O)oc3ccccc32)CC1. The zero-order valence-electron chi connectivity index (χ0n) is 15.1. The van der Waals surface area contributed by atoms with Crippen LogP contribution in [0.15, 0.2) is 51.8 Å². The van der Waals surface area contributed by atoms with Crippen LogP contribution in [0.2, 0.25) is 0 Å². The van der Waals surface area contributed by atoms with Crippen molar-refractivity contribution in [3.05, 3.63) is 58.7 Å². The van der Waals surface area contributed by atoms with Gasteiger partial charge in [0.1, 0.15) is 24.3 Å². The number of hydrogen-bond acceptors (Lipinski definition) is 6. The molecule has 0 spiro atoms. The summed E-state index contributed by atoms with van der Waals surface area (Å²) in [4.78, 5) is 30.5. The van der Waals surface area contributed by atoms with Gasteiger partial charge in [-0.1, -0.05) is 12.1 Å². The van der Waals surface area contributed by atoms with Crippen LogP contribution in [-0.2, 0) is 11.3 Å². The van der Waals surface area contributed by atoms with E-state index in [0.29, 0.717) is 48.5 Å². The highest BCUT2D eigenvalue weighted by Crippen LogP contribution is 2.20. The number of piperidine rings is 1. The number of likely N-dealkylation sites (tertiary alicyclic amines) is 1. The van der Waals surface area contributed by atoms with E-state index in [1.165, 1.54) is 4.57 Å². The summed E-state index contributed by atoms with van der Waals surface area (Å²) >= 11 is 0. The van der Waals surface area contributed by atoms with Gasteiger partial charge in [-0.15, -0.1) is 0 Å². The van der Waals surface area contributed by atoms with Gasteiger partial charge in [0.05, 0.1) is 5.52 Å². The lowest BCUT2D eigenvalue weighted by Crippen LogP contribution is -2.43. The summed E-state index contributed by atoms with van der Waals surface area (Å²) in [7, 11) is 0. The van der Waals surface area contributed by atoms with E-state index in [1.54, 1.807) is 47.5 Å². The molecule has 1 fully saturated rings. The Hall–Kier alpha value is -3.60. The first-order valence-corrected chi connectivity index (χ1v) is 9.03. The molecule has 0 N–H and O–H groups in total.